The number of hydrogen-bond acceptors (Lipinski definition) is 2. The molecule has 4 aliphatic rings. The maximum Gasteiger partial charge on any atom is 0.210 e. The molecule has 0 aromatic carbocycles. The first-order chi connectivity index (χ1) is 9.26. The first kappa shape index (κ1) is 12.0. The van der Waals surface area contributed by atoms with Gasteiger partial charge >= 0.3 is 0 Å². The maximum absolute atomic E-state index is 11.7. The second-order valence-corrected chi connectivity index (χ2v) is 6.98. The minimum Gasteiger partial charge on any atom is -0.361 e. The molecule has 0 aromatic rings. The lowest BCUT2D eigenvalue weighted by Gasteiger charge is -2.53. The topological polar surface area (TPSA) is 29.5 Å². The van der Waals surface area contributed by atoms with Crippen LogP contribution in [0.1, 0.15) is 51.4 Å². The van der Waals surface area contributed by atoms with Crippen molar-refractivity contribution >= 4 is 6.41 Å². The quantitative estimate of drug-likeness (QED) is 0.536. The Labute approximate surface area is 115 Å². The van der Waals surface area contributed by atoms with Gasteiger partial charge in [0.15, 0.2) is 0 Å². The number of fused-ring (bicyclic) bond motifs is 1. The van der Waals surface area contributed by atoms with Gasteiger partial charge in [-0.25, -0.2) is 0 Å². The number of carbonyl (C=O) groups excluding carboxylic acids is 1. The summed E-state index contributed by atoms with van der Waals surface area (Å²) in [5, 5.41) is 0. The highest BCUT2D eigenvalue weighted by Crippen LogP contribution is 2.53. The van der Waals surface area contributed by atoms with Crippen LogP contribution in [0.15, 0.2) is 12.2 Å². The molecule has 2 saturated heterocycles. The van der Waals surface area contributed by atoms with Gasteiger partial charge in [0.05, 0.1) is 12.6 Å². The lowest BCUT2D eigenvalue weighted by molar-refractivity contribution is -0.140. The van der Waals surface area contributed by atoms with Crippen LogP contribution in [0.25, 0.3) is 0 Å². The summed E-state index contributed by atoms with van der Waals surface area (Å²) in [6, 6.07) is 0. The summed E-state index contributed by atoms with van der Waals surface area (Å²) in [5.41, 5.74) is 0.0129. The minimum absolute atomic E-state index is 0.136. The lowest BCUT2D eigenvalue weighted by Crippen LogP contribution is -2.61. The van der Waals surface area contributed by atoms with Gasteiger partial charge in [-0.05, 0) is 31.6 Å². The molecule has 2 bridgehead atoms. The molecule has 3 unspecified atom stereocenters. The minimum atomic E-state index is -0.136. The van der Waals surface area contributed by atoms with Gasteiger partial charge < -0.3 is 9.64 Å². The fraction of sp³-hybridized carbons (Fsp3) is 0.812. The smallest absolute Gasteiger partial charge is 0.210 e. The molecule has 0 radical (unpaired) electrons. The van der Waals surface area contributed by atoms with Crippen molar-refractivity contribution in [3.63, 3.8) is 0 Å². The summed E-state index contributed by atoms with van der Waals surface area (Å²) in [4.78, 5) is 13.8. The Balaban J connectivity index is 1.66. The van der Waals surface area contributed by atoms with Crippen LogP contribution in [0.2, 0.25) is 0 Å². The highest BCUT2D eigenvalue weighted by molar-refractivity contribution is 5.51. The molecule has 1 amide bonds. The normalized spacial score (nSPS) is 43.3. The Kier molecular flexibility index (Phi) is 2.57. The summed E-state index contributed by atoms with van der Waals surface area (Å²) >= 11 is 0. The molecule has 3 fully saturated rings. The van der Waals surface area contributed by atoms with E-state index in [0.29, 0.717) is 12.0 Å². The van der Waals surface area contributed by atoms with Crippen molar-refractivity contribution in [2.24, 2.45) is 5.92 Å². The molecule has 3 heterocycles. The van der Waals surface area contributed by atoms with Crippen molar-refractivity contribution in [3.8, 4) is 0 Å². The molecule has 3 aliphatic heterocycles. The van der Waals surface area contributed by atoms with E-state index in [9.17, 15) is 4.79 Å². The molecule has 1 saturated carbocycles. The van der Waals surface area contributed by atoms with Crippen LogP contribution in [-0.4, -0.2) is 35.1 Å². The number of likely N-dealkylation sites (tertiary alicyclic amines) is 1. The average molecular weight is 261 g/mol. The van der Waals surface area contributed by atoms with Gasteiger partial charge in [0, 0.05) is 5.54 Å². The Morgan fingerprint density at radius 3 is 2.68 bits per heavy atom. The number of hydrogen-bond donors (Lipinski definition) is 0. The third-order valence-electron chi connectivity index (χ3n) is 5.99. The molecular weight excluding hydrogens is 238 g/mol. The van der Waals surface area contributed by atoms with Crippen LogP contribution >= 0.6 is 0 Å². The Morgan fingerprint density at radius 2 is 2.00 bits per heavy atom. The zero-order valence-corrected chi connectivity index (χ0v) is 11.5. The molecule has 3 atom stereocenters. The maximum atomic E-state index is 11.7. The summed E-state index contributed by atoms with van der Waals surface area (Å²) in [6.07, 6.45) is 15.8. The molecule has 0 aromatic heterocycles. The van der Waals surface area contributed by atoms with Gasteiger partial charge in [0.1, 0.15) is 5.60 Å². The number of piperidine rings is 1. The van der Waals surface area contributed by atoms with E-state index in [1.807, 2.05) is 0 Å². The van der Waals surface area contributed by atoms with E-state index in [2.05, 4.69) is 17.1 Å². The fourth-order valence-corrected chi connectivity index (χ4v) is 4.98. The van der Waals surface area contributed by atoms with E-state index >= 15 is 0 Å². The lowest BCUT2D eigenvalue weighted by atomic mass is 9.68. The highest BCUT2D eigenvalue weighted by atomic mass is 16.5. The molecule has 4 rings (SSSR count). The van der Waals surface area contributed by atoms with Crippen molar-refractivity contribution in [1.29, 1.82) is 0 Å². The van der Waals surface area contributed by atoms with E-state index in [0.717, 1.165) is 19.4 Å². The SMILES string of the molecule is O=CN1CC23C=CC(CC2CC12CCCCCC2)O3. The third-order valence-corrected chi connectivity index (χ3v) is 5.99. The van der Waals surface area contributed by atoms with Crippen LogP contribution in [0.4, 0.5) is 0 Å². The Morgan fingerprint density at radius 1 is 1.21 bits per heavy atom. The van der Waals surface area contributed by atoms with Gasteiger partial charge in [-0.1, -0.05) is 37.8 Å². The van der Waals surface area contributed by atoms with E-state index in [4.69, 9.17) is 4.74 Å². The summed E-state index contributed by atoms with van der Waals surface area (Å²) in [5.74, 6) is 0.636. The van der Waals surface area contributed by atoms with Gasteiger partial charge in [0.25, 0.3) is 0 Å². The van der Waals surface area contributed by atoms with Crippen LogP contribution in [0.5, 0.6) is 0 Å². The van der Waals surface area contributed by atoms with E-state index in [-0.39, 0.29) is 11.1 Å². The van der Waals surface area contributed by atoms with Crippen molar-refractivity contribution in [1.82, 2.24) is 4.90 Å². The van der Waals surface area contributed by atoms with E-state index < -0.39 is 0 Å². The standard InChI is InChI=1S/C16H23NO2/c18-12-17-11-16-8-5-14(19-16)9-13(16)10-15(17)6-3-1-2-4-7-15/h5,8,12-14H,1-4,6-7,9-11H2. The van der Waals surface area contributed by atoms with Crippen LogP contribution in [0, 0.1) is 5.92 Å². The number of ether oxygens (including phenoxy) is 1. The predicted octanol–water partition coefficient (Wildman–Crippen LogP) is 2.66. The Bertz CT molecular complexity index is 411. The second-order valence-electron chi connectivity index (χ2n) is 6.98. The molecule has 0 N–H and O–H groups in total. The molecule has 3 nitrogen and oxygen atoms in total. The largest absolute Gasteiger partial charge is 0.361 e. The monoisotopic (exact) mass is 261 g/mol. The predicted molar refractivity (Wildman–Crippen MR) is 72.7 cm³/mol. The van der Waals surface area contributed by atoms with Crippen LogP contribution in [0.3, 0.4) is 0 Å². The zero-order chi connectivity index (χ0) is 12.9. The van der Waals surface area contributed by atoms with Gasteiger partial charge in [-0.3, -0.25) is 4.79 Å². The third kappa shape index (κ3) is 1.63. The van der Waals surface area contributed by atoms with Crippen LogP contribution in [-0.2, 0) is 9.53 Å². The number of nitrogens with zero attached hydrogens (tertiary/aromatic N) is 1. The van der Waals surface area contributed by atoms with E-state index in [1.54, 1.807) is 0 Å². The van der Waals surface area contributed by atoms with Crippen molar-refractivity contribution in [2.45, 2.75) is 68.6 Å². The number of carbonyl (C=O) groups is 1. The molecule has 1 aliphatic carbocycles. The van der Waals surface area contributed by atoms with Crippen molar-refractivity contribution in [2.75, 3.05) is 6.54 Å². The van der Waals surface area contributed by atoms with Crippen molar-refractivity contribution < 1.29 is 9.53 Å². The summed E-state index contributed by atoms with van der Waals surface area (Å²) < 4.78 is 6.15. The molecule has 104 valence electrons. The zero-order valence-electron chi connectivity index (χ0n) is 11.5. The van der Waals surface area contributed by atoms with Gasteiger partial charge in [0.2, 0.25) is 6.41 Å². The van der Waals surface area contributed by atoms with Gasteiger partial charge in [-0.2, -0.15) is 0 Å². The van der Waals surface area contributed by atoms with Crippen molar-refractivity contribution in [3.05, 3.63) is 12.2 Å². The first-order valence-electron chi connectivity index (χ1n) is 7.86. The molecular formula is C16H23NO2. The molecule has 19 heavy (non-hydrogen) atoms. The van der Waals surface area contributed by atoms with E-state index in [1.165, 1.54) is 44.9 Å². The summed E-state index contributed by atoms with van der Waals surface area (Å²) in [7, 11) is 0. The fourth-order valence-electron chi connectivity index (χ4n) is 4.98. The van der Waals surface area contributed by atoms with Gasteiger partial charge in [-0.15, -0.1) is 0 Å². The second kappa shape index (κ2) is 4.08. The van der Waals surface area contributed by atoms with Crippen LogP contribution < -0.4 is 0 Å². The number of rotatable bonds is 1. The molecule has 3 heteroatoms. The summed E-state index contributed by atoms with van der Waals surface area (Å²) in [6.45, 7) is 0.786. The first-order valence-corrected chi connectivity index (χ1v) is 7.86. The average Bonchev–Trinajstić information content (AvgIpc) is 2.88. The number of amides is 1. The highest BCUT2D eigenvalue weighted by Gasteiger charge is 2.58. The Hall–Kier alpha value is -0.830. The molecule has 2 spiro atoms.